The number of benzene rings is 1. The second-order valence-electron chi connectivity index (χ2n) is 5.21. The molecule has 1 saturated carbocycles. The van der Waals surface area contributed by atoms with E-state index in [2.05, 4.69) is 10.6 Å². The molecule has 1 heterocycles. The van der Waals surface area contributed by atoms with Gasteiger partial charge in [0.05, 0.1) is 12.3 Å². The lowest BCUT2D eigenvalue weighted by molar-refractivity contribution is -0.124. The third-order valence-corrected chi connectivity index (χ3v) is 4.27. The number of carbonyl (C=O) groups is 2. The first-order chi connectivity index (χ1) is 10.7. The Bertz CT molecular complexity index is 575. The van der Waals surface area contributed by atoms with Gasteiger partial charge < -0.3 is 20.1 Å². The molecule has 0 radical (unpaired) electrons. The third-order valence-electron chi connectivity index (χ3n) is 3.27. The summed E-state index contributed by atoms with van der Waals surface area (Å²) < 4.78 is 10.9. The van der Waals surface area contributed by atoms with Crippen molar-refractivity contribution in [3.63, 3.8) is 0 Å². The smallest absolute Gasteiger partial charge is 0.239 e. The maximum absolute atomic E-state index is 11.7. The van der Waals surface area contributed by atoms with E-state index in [9.17, 15) is 9.59 Å². The van der Waals surface area contributed by atoms with Crippen molar-refractivity contribution in [3.05, 3.63) is 18.2 Å². The normalized spacial score (nSPS) is 16.0. The summed E-state index contributed by atoms with van der Waals surface area (Å²) in [4.78, 5) is 24.1. The maximum Gasteiger partial charge on any atom is 0.239 e. The number of amides is 2. The zero-order chi connectivity index (χ0) is 15.4. The van der Waals surface area contributed by atoms with Crippen LogP contribution in [0.15, 0.2) is 23.1 Å². The first-order valence-corrected chi connectivity index (χ1v) is 8.28. The number of rotatable bonds is 6. The molecule has 118 valence electrons. The van der Waals surface area contributed by atoms with Gasteiger partial charge in [-0.05, 0) is 31.0 Å². The molecule has 6 nitrogen and oxygen atoms in total. The molecule has 2 amide bonds. The Kier molecular flexibility index (Phi) is 4.72. The van der Waals surface area contributed by atoms with Crippen LogP contribution in [0.1, 0.15) is 12.8 Å². The van der Waals surface area contributed by atoms with E-state index in [1.807, 2.05) is 18.2 Å². The Morgan fingerprint density at radius 3 is 2.68 bits per heavy atom. The molecule has 2 N–H and O–H groups in total. The van der Waals surface area contributed by atoms with Gasteiger partial charge in [0.2, 0.25) is 11.8 Å². The summed E-state index contributed by atoms with van der Waals surface area (Å²) in [6.45, 7) is 1.14. The molecule has 1 fully saturated rings. The van der Waals surface area contributed by atoms with Crippen molar-refractivity contribution in [1.29, 1.82) is 0 Å². The standard InChI is InChI=1S/C15H18N2O4S/c18-14(17-10-1-2-10)8-16-15(19)9-22-11-3-4-12-13(7-11)21-6-5-20-12/h3-4,7,10H,1-2,5-6,8-9H2,(H,16,19)(H,17,18). The van der Waals surface area contributed by atoms with Gasteiger partial charge in [-0.2, -0.15) is 0 Å². The van der Waals surface area contributed by atoms with Gasteiger partial charge in [0.1, 0.15) is 13.2 Å². The largest absolute Gasteiger partial charge is 0.486 e. The van der Waals surface area contributed by atoms with Crippen LogP contribution in [0.2, 0.25) is 0 Å². The number of nitrogens with one attached hydrogen (secondary N) is 2. The lowest BCUT2D eigenvalue weighted by Gasteiger charge is -2.18. The molecule has 0 atom stereocenters. The van der Waals surface area contributed by atoms with Crippen LogP contribution >= 0.6 is 11.8 Å². The number of hydrogen-bond donors (Lipinski definition) is 2. The number of carbonyl (C=O) groups excluding carboxylic acids is 2. The summed E-state index contributed by atoms with van der Waals surface area (Å²) in [6, 6.07) is 5.92. The van der Waals surface area contributed by atoms with E-state index >= 15 is 0 Å². The van der Waals surface area contributed by atoms with Crippen LogP contribution < -0.4 is 20.1 Å². The van der Waals surface area contributed by atoms with Crippen LogP contribution in [0.25, 0.3) is 0 Å². The Labute approximate surface area is 132 Å². The van der Waals surface area contributed by atoms with Gasteiger partial charge in [-0.1, -0.05) is 0 Å². The quantitative estimate of drug-likeness (QED) is 0.763. The van der Waals surface area contributed by atoms with Crippen molar-refractivity contribution in [2.75, 3.05) is 25.5 Å². The Morgan fingerprint density at radius 1 is 1.14 bits per heavy atom. The van der Waals surface area contributed by atoms with Gasteiger partial charge in [-0.15, -0.1) is 11.8 Å². The molecular formula is C15H18N2O4S. The Morgan fingerprint density at radius 2 is 1.91 bits per heavy atom. The van der Waals surface area contributed by atoms with Crippen LogP contribution in [0, 0.1) is 0 Å². The minimum absolute atomic E-state index is 0.0387. The summed E-state index contributed by atoms with van der Waals surface area (Å²) in [5, 5.41) is 5.45. The van der Waals surface area contributed by atoms with Crippen molar-refractivity contribution in [1.82, 2.24) is 10.6 Å². The molecule has 1 aliphatic heterocycles. The highest BCUT2D eigenvalue weighted by molar-refractivity contribution is 8.00. The van der Waals surface area contributed by atoms with Crippen LogP contribution in [0.3, 0.4) is 0 Å². The molecule has 1 aliphatic carbocycles. The fraction of sp³-hybridized carbons (Fsp3) is 0.467. The fourth-order valence-electron chi connectivity index (χ4n) is 2.00. The number of ether oxygens (including phenoxy) is 2. The van der Waals surface area contributed by atoms with E-state index < -0.39 is 0 Å². The first-order valence-electron chi connectivity index (χ1n) is 7.29. The van der Waals surface area contributed by atoms with E-state index in [0.29, 0.717) is 25.0 Å². The lowest BCUT2D eigenvalue weighted by Crippen LogP contribution is -2.38. The molecule has 2 aliphatic rings. The van der Waals surface area contributed by atoms with Gasteiger partial charge >= 0.3 is 0 Å². The Balaban J connectivity index is 1.41. The average molecular weight is 322 g/mol. The third kappa shape index (κ3) is 4.30. The molecule has 0 saturated heterocycles. The minimum Gasteiger partial charge on any atom is -0.486 e. The molecule has 0 bridgehead atoms. The van der Waals surface area contributed by atoms with E-state index in [-0.39, 0.29) is 24.1 Å². The van der Waals surface area contributed by atoms with Crippen LogP contribution in [-0.2, 0) is 9.59 Å². The Hall–Kier alpha value is -1.89. The first kappa shape index (κ1) is 15.0. The van der Waals surface area contributed by atoms with Crippen molar-refractivity contribution >= 4 is 23.6 Å². The highest BCUT2D eigenvalue weighted by Gasteiger charge is 2.23. The highest BCUT2D eigenvalue weighted by atomic mass is 32.2. The highest BCUT2D eigenvalue weighted by Crippen LogP contribution is 2.34. The molecule has 0 unspecified atom stereocenters. The summed E-state index contributed by atoms with van der Waals surface area (Å²) >= 11 is 1.40. The van der Waals surface area contributed by atoms with Crippen LogP contribution in [-0.4, -0.2) is 43.4 Å². The average Bonchev–Trinajstić information content (AvgIpc) is 3.34. The molecular weight excluding hydrogens is 304 g/mol. The summed E-state index contributed by atoms with van der Waals surface area (Å²) in [6.07, 6.45) is 2.08. The van der Waals surface area contributed by atoms with E-state index in [4.69, 9.17) is 9.47 Å². The maximum atomic E-state index is 11.7. The van der Waals surface area contributed by atoms with Crippen molar-refractivity contribution in [2.45, 2.75) is 23.8 Å². The van der Waals surface area contributed by atoms with Gasteiger partial charge in [0.25, 0.3) is 0 Å². The van der Waals surface area contributed by atoms with E-state index in [0.717, 1.165) is 23.5 Å². The van der Waals surface area contributed by atoms with E-state index in [1.165, 1.54) is 11.8 Å². The second-order valence-corrected chi connectivity index (χ2v) is 6.26. The summed E-state index contributed by atoms with van der Waals surface area (Å²) in [5.41, 5.74) is 0. The molecule has 3 rings (SSSR count). The minimum atomic E-state index is -0.161. The van der Waals surface area contributed by atoms with Crippen molar-refractivity contribution in [2.24, 2.45) is 0 Å². The molecule has 1 aromatic carbocycles. The number of thioether (sulfide) groups is 1. The SMILES string of the molecule is O=C(CSc1ccc2c(c1)OCCO2)NCC(=O)NC1CC1. The molecule has 0 aromatic heterocycles. The fourth-order valence-corrected chi connectivity index (χ4v) is 2.75. The van der Waals surface area contributed by atoms with Gasteiger partial charge in [-0.25, -0.2) is 0 Å². The van der Waals surface area contributed by atoms with Crippen molar-refractivity contribution in [3.8, 4) is 11.5 Å². The summed E-state index contributed by atoms with van der Waals surface area (Å²) in [7, 11) is 0. The second kappa shape index (κ2) is 6.91. The van der Waals surface area contributed by atoms with Crippen molar-refractivity contribution < 1.29 is 19.1 Å². The number of hydrogen-bond acceptors (Lipinski definition) is 5. The zero-order valence-corrected chi connectivity index (χ0v) is 12.9. The zero-order valence-electron chi connectivity index (χ0n) is 12.1. The topological polar surface area (TPSA) is 76.7 Å². The predicted molar refractivity (Wildman–Crippen MR) is 82.3 cm³/mol. The number of fused-ring (bicyclic) bond motifs is 1. The van der Waals surface area contributed by atoms with Gasteiger partial charge in [-0.3, -0.25) is 9.59 Å². The van der Waals surface area contributed by atoms with E-state index in [1.54, 1.807) is 0 Å². The van der Waals surface area contributed by atoms with Crippen LogP contribution in [0.5, 0.6) is 11.5 Å². The predicted octanol–water partition coefficient (Wildman–Crippen LogP) is 0.945. The van der Waals surface area contributed by atoms with Gasteiger partial charge in [0.15, 0.2) is 11.5 Å². The molecule has 7 heteroatoms. The van der Waals surface area contributed by atoms with Gasteiger partial charge in [0, 0.05) is 10.9 Å². The van der Waals surface area contributed by atoms with Crippen LogP contribution in [0.4, 0.5) is 0 Å². The lowest BCUT2D eigenvalue weighted by atomic mass is 10.3. The molecule has 22 heavy (non-hydrogen) atoms. The monoisotopic (exact) mass is 322 g/mol. The molecule has 0 spiro atoms. The molecule has 1 aromatic rings. The summed E-state index contributed by atoms with van der Waals surface area (Å²) in [5.74, 6) is 1.42.